The van der Waals surface area contributed by atoms with Gasteiger partial charge in [0.2, 0.25) is 5.75 Å². The van der Waals surface area contributed by atoms with E-state index >= 15 is 0 Å². The summed E-state index contributed by atoms with van der Waals surface area (Å²) in [6.07, 6.45) is -0.974. The molecule has 1 atom stereocenters. The number of ether oxygens (including phenoxy) is 5. The van der Waals surface area contributed by atoms with Crippen LogP contribution in [0.25, 0.3) is 0 Å². The molecule has 2 aromatic rings. The largest absolute Gasteiger partial charge is 0.491 e. The minimum absolute atomic E-state index is 0.0389. The summed E-state index contributed by atoms with van der Waals surface area (Å²) < 4.78 is 28.0. The minimum atomic E-state index is -0.974. The fourth-order valence-corrected chi connectivity index (χ4v) is 3.53. The number of aliphatic hydroxyl groups is 1. The highest BCUT2D eigenvalue weighted by molar-refractivity contribution is 5.89. The fourth-order valence-electron chi connectivity index (χ4n) is 3.53. The van der Waals surface area contributed by atoms with E-state index in [0.717, 1.165) is 11.1 Å². The second-order valence-corrected chi connectivity index (χ2v) is 9.30. The number of hydrogen-bond acceptors (Lipinski definition) is 8. The van der Waals surface area contributed by atoms with Crippen LogP contribution in [0.15, 0.2) is 60.7 Å². The van der Waals surface area contributed by atoms with Crippen LogP contribution >= 0.6 is 0 Å². The van der Waals surface area contributed by atoms with Crippen molar-refractivity contribution >= 4 is 11.9 Å². The molecular formula is C30H38O8. The van der Waals surface area contributed by atoms with Gasteiger partial charge in [-0.2, -0.15) is 0 Å². The third-order valence-corrected chi connectivity index (χ3v) is 5.65. The van der Waals surface area contributed by atoms with Gasteiger partial charge in [-0.1, -0.05) is 45.2 Å². The summed E-state index contributed by atoms with van der Waals surface area (Å²) in [6, 6.07) is 11.0. The number of hydrogen-bond donors (Lipinski definition) is 1. The number of aliphatic hydroxyl groups excluding tert-OH is 1. The molecule has 1 N–H and O–H groups in total. The summed E-state index contributed by atoms with van der Waals surface area (Å²) in [5.41, 5.74) is 1.83. The van der Waals surface area contributed by atoms with E-state index in [4.69, 9.17) is 23.7 Å². The molecule has 0 saturated carbocycles. The first-order valence-electron chi connectivity index (χ1n) is 12.5. The average Bonchev–Trinajstić information content (AvgIpc) is 2.87. The molecule has 0 aliphatic heterocycles. The number of rotatable bonds is 14. The predicted molar refractivity (Wildman–Crippen MR) is 145 cm³/mol. The van der Waals surface area contributed by atoms with Crippen LogP contribution in [0.4, 0.5) is 0 Å². The second kappa shape index (κ2) is 13.7. The molecule has 0 aliphatic carbocycles. The molecule has 38 heavy (non-hydrogen) atoms. The summed E-state index contributed by atoms with van der Waals surface area (Å²) in [5.74, 6) is 0.567. The highest BCUT2D eigenvalue weighted by atomic mass is 16.6. The van der Waals surface area contributed by atoms with Crippen molar-refractivity contribution in [3.63, 3.8) is 0 Å². The Hall–Kier alpha value is -3.78. The van der Waals surface area contributed by atoms with E-state index in [-0.39, 0.29) is 30.1 Å². The first-order valence-corrected chi connectivity index (χ1v) is 12.5. The van der Waals surface area contributed by atoms with Crippen LogP contribution in [-0.2, 0) is 19.7 Å². The van der Waals surface area contributed by atoms with E-state index in [1.165, 1.54) is 6.92 Å². The zero-order valence-electron chi connectivity index (χ0n) is 23.1. The maximum absolute atomic E-state index is 12.2. The molecule has 0 saturated heterocycles. The Morgan fingerprint density at radius 1 is 0.842 bits per heavy atom. The molecule has 8 nitrogen and oxygen atoms in total. The Bertz CT molecular complexity index is 1150. The van der Waals surface area contributed by atoms with Crippen molar-refractivity contribution in [2.75, 3.05) is 26.4 Å². The predicted octanol–water partition coefficient (Wildman–Crippen LogP) is 5.15. The summed E-state index contributed by atoms with van der Waals surface area (Å²) in [6.45, 7) is 18.6. The lowest BCUT2D eigenvalue weighted by Crippen LogP contribution is -2.25. The van der Waals surface area contributed by atoms with E-state index in [0.29, 0.717) is 30.5 Å². The Morgan fingerprint density at radius 2 is 1.42 bits per heavy atom. The van der Waals surface area contributed by atoms with E-state index in [2.05, 4.69) is 27.0 Å². The molecule has 2 rings (SSSR count). The highest BCUT2D eigenvalue weighted by Gasteiger charge is 2.31. The van der Waals surface area contributed by atoms with Gasteiger partial charge < -0.3 is 28.8 Å². The van der Waals surface area contributed by atoms with Gasteiger partial charge in [-0.3, -0.25) is 0 Å². The van der Waals surface area contributed by atoms with Crippen molar-refractivity contribution in [3.05, 3.63) is 71.8 Å². The Labute approximate surface area is 224 Å². The summed E-state index contributed by atoms with van der Waals surface area (Å²) in [7, 11) is 0. The van der Waals surface area contributed by atoms with Crippen LogP contribution in [0, 0.1) is 0 Å². The van der Waals surface area contributed by atoms with Gasteiger partial charge in [0, 0.05) is 22.1 Å². The van der Waals surface area contributed by atoms with E-state index in [9.17, 15) is 14.7 Å². The van der Waals surface area contributed by atoms with Gasteiger partial charge in [-0.05, 0) is 51.5 Å². The lowest BCUT2D eigenvalue weighted by molar-refractivity contribution is -0.142. The van der Waals surface area contributed by atoms with Gasteiger partial charge in [-0.25, -0.2) is 9.59 Å². The van der Waals surface area contributed by atoms with Crippen molar-refractivity contribution in [3.8, 4) is 23.0 Å². The second-order valence-electron chi connectivity index (χ2n) is 9.30. The van der Waals surface area contributed by atoms with Crippen molar-refractivity contribution in [2.24, 2.45) is 0 Å². The number of carbonyl (C=O) groups is 2. The van der Waals surface area contributed by atoms with Crippen LogP contribution in [0.1, 0.15) is 52.7 Å². The summed E-state index contributed by atoms with van der Waals surface area (Å²) in [4.78, 5) is 23.7. The average molecular weight is 527 g/mol. The minimum Gasteiger partial charge on any atom is -0.491 e. The molecule has 206 valence electrons. The monoisotopic (exact) mass is 526 g/mol. The quantitative estimate of drug-likeness (QED) is 0.205. The molecule has 0 bridgehead atoms. The Balaban J connectivity index is 2.28. The maximum atomic E-state index is 12.2. The molecule has 2 aromatic carbocycles. The molecule has 0 spiro atoms. The lowest BCUT2D eigenvalue weighted by Gasteiger charge is -2.30. The van der Waals surface area contributed by atoms with Crippen LogP contribution in [0.2, 0.25) is 0 Å². The van der Waals surface area contributed by atoms with Gasteiger partial charge in [0.05, 0.1) is 13.2 Å². The highest BCUT2D eigenvalue weighted by Crippen LogP contribution is 2.47. The first kappa shape index (κ1) is 30.4. The molecule has 8 heteroatoms. The third-order valence-electron chi connectivity index (χ3n) is 5.65. The number of carbonyl (C=O) groups excluding carboxylic acids is 2. The lowest BCUT2D eigenvalue weighted by atomic mass is 9.77. The van der Waals surface area contributed by atoms with E-state index in [1.54, 1.807) is 25.1 Å². The van der Waals surface area contributed by atoms with E-state index in [1.807, 2.05) is 32.0 Å². The van der Waals surface area contributed by atoms with Crippen LogP contribution in [-0.4, -0.2) is 49.6 Å². The summed E-state index contributed by atoms with van der Waals surface area (Å²) >= 11 is 0. The van der Waals surface area contributed by atoms with Crippen LogP contribution < -0.4 is 18.9 Å². The Morgan fingerprint density at radius 3 is 1.97 bits per heavy atom. The van der Waals surface area contributed by atoms with Gasteiger partial charge in [0.15, 0.2) is 11.5 Å². The standard InChI is InChI=1S/C30H38O8/c1-9-34-26-24(15-16-25(27(26)35-10-2)38-29(33)20(5)6)30(7,8)21-11-13-23(14-12-21)36-17-22(31)18-37-28(32)19(3)4/h11-16,22,31H,3,5,9-10,17-18H2,1-2,4,6-8H3. The van der Waals surface area contributed by atoms with Gasteiger partial charge in [-0.15, -0.1) is 0 Å². The molecule has 0 aromatic heterocycles. The van der Waals surface area contributed by atoms with Crippen molar-refractivity contribution < 1.29 is 38.4 Å². The van der Waals surface area contributed by atoms with Crippen molar-refractivity contribution in [1.29, 1.82) is 0 Å². The maximum Gasteiger partial charge on any atom is 0.338 e. The smallest absolute Gasteiger partial charge is 0.338 e. The van der Waals surface area contributed by atoms with Gasteiger partial charge in [0.25, 0.3) is 0 Å². The molecule has 0 radical (unpaired) electrons. The van der Waals surface area contributed by atoms with Crippen molar-refractivity contribution in [1.82, 2.24) is 0 Å². The fraction of sp³-hybridized carbons (Fsp3) is 0.400. The zero-order valence-corrected chi connectivity index (χ0v) is 23.1. The molecule has 0 fully saturated rings. The van der Waals surface area contributed by atoms with Gasteiger partial charge >= 0.3 is 11.9 Å². The van der Waals surface area contributed by atoms with Crippen molar-refractivity contribution in [2.45, 2.75) is 53.1 Å². The van der Waals surface area contributed by atoms with Crippen LogP contribution in [0.5, 0.6) is 23.0 Å². The first-order chi connectivity index (χ1) is 17.9. The normalized spacial score (nSPS) is 11.8. The number of benzene rings is 2. The summed E-state index contributed by atoms with van der Waals surface area (Å²) in [5, 5.41) is 10.0. The SMILES string of the molecule is C=C(C)C(=O)OCC(O)COc1ccc(C(C)(C)c2ccc(OC(=O)C(=C)C)c(OCC)c2OCC)cc1. The molecule has 0 amide bonds. The van der Waals surface area contributed by atoms with Gasteiger partial charge in [0.1, 0.15) is 25.1 Å². The van der Waals surface area contributed by atoms with Crippen LogP contribution in [0.3, 0.4) is 0 Å². The third kappa shape index (κ3) is 7.86. The molecule has 0 heterocycles. The molecule has 0 aliphatic rings. The molecule has 1 unspecified atom stereocenters. The Kier molecular flexibility index (Phi) is 11.0. The van der Waals surface area contributed by atoms with E-state index < -0.39 is 23.5 Å². The number of esters is 2. The molecular weight excluding hydrogens is 488 g/mol. The topological polar surface area (TPSA) is 101 Å². The zero-order chi connectivity index (χ0) is 28.5.